The minimum absolute atomic E-state index is 0.0457. The van der Waals surface area contributed by atoms with Gasteiger partial charge in [-0.2, -0.15) is 26.3 Å². The molecule has 1 rings (SSSR count). The van der Waals surface area contributed by atoms with Crippen molar-refractivity contribution in [2.24, 2.45) is 0 Å². The second-order valence-electron chi connectivity index (χ2n) is 4.19. The summed E-state index contributed by atoms with van der Waals surface area (Å²) in [6.45, 7) is 1.89. The second-order valence-corrected chi connectivity index (χ2v) is 4.19. The molecule has 0 nitrogen and oxygen atoms in total. The summed E-state index contributed by atoms with van der Waals surface area (Å²) >= 11 is 0. The number of hydrogen-bond acceptors (Lipinski definition) is 0. The highest BCUT2D eigenvalue weighted by atomic mass is 19.4. The smallest absolute Gasteiger partial charge is 0.166 e. The molecule has 0 amide bonds. The number of alkyl halides is 6. The van der Waals surface area contributed by atoms with E-state index in [9.17, 15) is 26.3 Å². The molecule has 0 aliphatic rings. The quantitative estimate of drug-likeness (QED) is 0.439. The molecule has 0 spiro atoms. The number of benzene rings is 1. The maximum Gasteiger partial charge on any atom is 0.416 e. The van der Waals surface area contributed by atoms with Gasteiger partial charge in [0.25, 0.3) is 0 Å². The van der Waals surface area contributed by atoms with Gasteiger partial charge in [0.15, 0.2) is 7.28 Å². The maximum absolute atomic E-state index is 12.5. The molecule has 0 unspecified atom stereocenters. The lowest BCUT2D eigenvalue weighted by atomic mass is 9.65. The van der Waals surface area contributed by atoms with Crippen molar-refractivity contribution in [2.75, 3.05) is 0 Å². The van der Waals surface area contributed by atoms with Gasteiger partial charge < -0.3 is 0 Å². The van der Waals surface area contributed by atoms with Gasteiger partial charge in [0.2, 0.25) is 0 Å². The van der Waals surface area contributed by atoms with E-state index in [-0.39, 0.29) is 11.5 Å². The van der Waals surface area contributed by atoms with Crippen LogP contribution in [0.3, 0.4) is 0 Å². The van der Waals surface area contributed by atoms with Gasteiger partial charge in [0.05, 0.1) is 11.1 Å². The monoisotopic (exact) mass is 281 g/mol. The summed E-state index contributed by atoms with van der Waals surface area (Å²) in [7, 11) is 1.40. The van der Waals surface area contributed by atoms with Crippen molar-refractivity contribution in [3.05, 3.63) is 29.3 Å². The predicted molar refractivity (Wildman–Crippen MR) is 61.5 cm³/mol. The van der Waals surface area contributed by atoms with Gasteiger partial charge in [-0.1, -0.05) is 43.7 Å². The van der Waals surface area contributed by atoms with Crippen LogP contribution in [0.1, 0.15) is 30.9 Å². The highest BCUT2D eigenvalue weighted by Crippen LogP contribution is 2.34. The third-order valence-corrected chi connectivity index (χ3v) is 2.55. The minimum atomic E-state index is -4.78. The first-order valence-electron chi connectivity index (χ1n) is 5.77. The topological polar surface area (TPSA) is 0 Å². The Labute approximate surface area is 108 Å². The van der Waals surface area contributed by atoms with Crippen molar-refractivity contribution < 1.29 is 26.3 Å². The largest absolute Gasteiger partial charge is 0.416 e. The van der Waals surface area contributed by atoms with Crippen LogP contribution in [-0.2, 0) is 12.4 Å². The Balaban J connectivity index is 3.10. The summed E-state index contributed by atoms with van der Waals surface area (Å²) in [5.74, 6) is 0. The molecule has 0 N–H and O–H groups in total. The van der Waals surface area contributed by atoms with Crippen LogP contribution < -0.4 is 5.46 Å². The van der Waals surface area contributed by atoms with Gasteiger partial charge in [-0.3, -0.25) is 0 Å². The third-order valence-electron chi connectivity index (χ3n) is 2.55. The fourth-order valence-corrected chi connectivity index (χ4v) is 1.57. The molecule has 0 aromatic heterocycles. The Morgan fingerprint density at radius 3 is 1.74 bits per heavy atom. The van der Waals surface area contributed by atoms with Gasteiger partial charge >= 0.3 is 12.4 Å². The summed E-state index contributed by atoms with van der Waals surface area (Å²) in [5, 5.41) is 0. The molecular formula is C12H12BF6. The van der Waals surface area contributed by atoms with Crippen molar-refractivity contribution in [3.63, 3.8) is 0 Å². The summed E-state index contributed by atoms with van der Waals surface area (Å²) < 4.78 is 75.3. The van der Waals surface area contributed by atoms with E-state index in [2.05, 4.69) is 0 Å². The van der Waals surface area contributed by atoms with Crippen molar-refractivity contribution in [1.29, 1.82) is 0 Å². The molecule has 0 heterocycles. The minimum Gasteiger partial charge on any atom is -0.166 e. The Hall–Kier alpha value is -1.14. The summed E-state index contributed by atoms with van der Waals surface area (Å²) in [6, 6.07) is 1.62. The summed E-state index contributed by atoms with van der Waals surface area (Å²) in [5.41, 5.74) is -2.59. The first-order valence-corrected chi connectivity index (χ1v) is 5.77. The van der Waals surface area contributed by atoms with E-state index in [1.165, 1.54) is 7.28 Å². The van der Waals surface area contributed by atoms with Crippen LogP contribution in [0.25, 0.3) is 0 Å². The first kappa shape index (κ1) is 15.9. The van der Waals surface area contributed by atoms with Gasteiger partial charge in [-0.05, 0) is 6.07 Å². The fraction of sp³-hybridized carbons (Fsp3) is 0.500. The Morgan fingerprint density at radius 2 is 1.37 bits per heavy atom. The number of rotatable bonds is 4. The Kier molecular flexibility index (Phi) is 4.93. The van der Waals surface area contributed by atoms with Crippen LogP contribution >= 0.6 is 0 Å². The molecule has 7 heteroatoms. The van der Waals surface area contributed by atoms with Crippen LogP contribution in [0.2, 0.25) is 6.32 Å². The molecule has 1 radical (unpaired) electrons. The highest BCUT2D eigenvalue weighted by molar-refractivity contribution is 6.53. The lowest BCUT2D eigenvalue weighted by molar-refractivity contribution is -0.142. The van der Waals surface area contributed by atoms with Crippen LogP contribution in [-0.4, -0.2) is 7.28 Å². The number of hydrogen-bond donors (Lipinski definition) is 0. The average Bonchev–Trinajstić information content (AvgIpc) is 2.27. The average molecular weight is 281 g/mol. The molecule has 0 bridgehead atoms. The van der Waals surface area contributed by atoms with E-state index >= 15 is 0 Å². The molecule has 1 aromatic rings. The molecular weight excluding hydrogens is 269 g/mol. The van der Waals surface area contributed by atoms with E-state index < -0.39 is 23.5 Å². The lowest BCUT2D eigenvalue weighted by Crippen LogP contribution is -2.21. The van der Waals surface area contributed by atoms with Crippen LogP contribution in [0.4, 0.5) is 26.3 Å². The summed E-state index contributed by atoms with van der Waals surface area (Å²) in [4.78, 5) is 0. The third kappa shape index (κ3) is 4.80. The molecule has 19 heavy (non-hydrogen) atoms. The zero-order valence-corrected chi connectivity index (χ0v) is 10.2. The second kappa shape index (κ2) is 5.88. The molecule has 0 aliphatic heterocycles. The molecule has 0 aliphatic carbocycles. The normalized spacial score (nSPS) is 12.6. The van der Waals surface area contributed by atoms with Crippen molar-refractivity contribution >= 4 is 12.7 Å². The van der Waals surface area contributed by atoms with Gasteiger partial charge in [0, 0.05) is 0 Å². The van der Waals surface area contributed by atoms with E-state index in [0.29, 0.717) is 6.32 Å². The molecule has 1 aromatic carbocycles. The van der Waals surface area contributed by atoms with Crippen LogP contribution in [0, 0.1) is 0 Å². The SMILES string of the molecule is CCCC[B]c1cc(C(F)(F)F)cc(C(F)(F)F)c1. The van der Waals surface area contributed by atoms with Gasteiger partial charge in [-0.25, -0.2) is 0 Å². The maximum atomic E-state index is 12.5. The predicted octanol–water partition coefficient (Wildman–Crippen LogP) is 4.27. The van der Waals surface area contributed by atoms with Gasteiger partial charge in [0.1, 0.15) is 0 Å². The number of halogens is 6. The standard InChI is InChI=1S/C12H12BF6/c1-2-3-4-13-10-6-8(11(14,15)16)5-9(7-10)12(17,18)19/h5-7H,2-4H2,1H3. The highest BCUT2D eigenvalue weighted by Gasteiger charge is 2.36. The van der Waals surface area contributed by atoms with Crippen LogP contribution in [0.15, 0.2) is 18.2 Å². The van der Waals surface area contributed by atoms with Crippen molar-refractivity contribution in [3.8, 4) is 0 Å². The van der Waals surface area contributed by atoms with E-state index in [4.69, 9.17) is 0 Å². The molecule has 105 valence electrons. The van der Waals surface area contributed by atoms with Crippen molar-refractivity contribution in [1.82, 2.24) is 0 Å². The summed E-state index contributed by atoms with van der Waals surface area (Å²) in [6.07, 6.45) is -7.57. The Bertz CT molecular complexity index is 389. The zero-order valence-electron chi connectivity index (χ0n) is 10.2. The van der Waals surface area contributed by atoms with E-state index in [1.54, 1.807) is 0 Å². The number of unbranched alkanes of at least 4 members (excludes halogenated alkanes) is 1. The van der Waals surface area contributed by atoms with Crippen LogP contribution in [0.5, 0.6) is 0 Å². The van der Waals surface area contributed by atoms with Gasteiger partial charge in [-0.15, -0.1) is 0 Å². The zero-order chi connectivity index (χ0) is 14.7. The lowest BCUT2D eigenvalue weighted by Gasteiger charge is -2.14. The molecule has 0 fully saturated rings. The molecule has 0 saturated heterocycles. The van der Waals surface area contributed by atoms with E-state index in [1.807, 2.05) is 6.92 Å². The first-order chi connectivity index (χ1) is 8.64. The molecule has 0 saturated carbocycles. The molecule has 0 atom stereocenters. The Morgan fingerprint density at radius 1 is 0.895 bits per heavy atom. The van der Waals surface area contributed by atoms with Crippen molar-refractivity contribution in [2.45, 2.75) is 38.4 Å². The van der Waals surface area contributed by atoms with E-state index in [0.717, 1.165) is 25.0 Å². The fourth-order valence-electron chi connectivity index (χ4n) is 1.57.